The Labute approximate surface area is 348 Å². The molecule has 6 aromatic rings. The fourth-order valence-corrected chi connectivity index (χ4v) is 11.7. The minimum absolute atomic E-state index is 0.109. The van der Waals surface area contributed by atoms with Crippen LogP contribution >= 0.6 is 0 Å². The Hall–Kier alpha value is -4.86. The van der Waals surface area contributed by atoms with E-state index in [1.807, 2.05) is 18.5 Å². The van der Waals surface area contributed by atoms with E-state index in [0.29, 0.717) is 37.1 Å². The van der Waals surface area contributed by atoms with Crippen LogP contribution in [0.4, 0.5) is 0 Å². The lowest BCUT2D eigenvalue weighted by molar-refractivity contribution is -0.0177. The lowest BCUT2D eigenvalue weighted by Gasteiger charge is -2.52. The van der Waals surface area contributed by atoms with E-state index < -0.39 is 0 Å². The highest BCUT2D eigenvalue weighted by molar-refractivity contribution is 5.90. The number of aromatic nitrogens is 4. The fraction of sp³-hybridized carbons (Fsp3) is 0.480. The smallest absolute Gasteiger partial charge is 0.241 e. The van der Waals surface area contributed by atoms with Gasteiger partial charge in [0.2, 0.25) is 11.8 Å². The second-order valence-corrected chi connectivity index (χ2v) is 17.9. The summed E-state index contributed by atoms with van der Waals surface area (Å²) in [5, 5.41) is 13.8. The first-order chi connectivity index (χ1) is 29.0. The number of benzene rings is 3. The van der Waals surface area contributed by atoms with Crippen LogP contribution in [-0.2, 0) is 0 Å². The van der Waals surface area contributed by atoms with Crippen LogP contribution in [-0.4, -0.2) is 88.6 Å². The minimum atomic E-state index is 0.109. The number of ether oxygens (including phenoxy) is 3. The average Bonchev–Trinajstić information content (AvgIpc) is 3.29. The monoisotopic (exact) mass is 790 g/mol. The third kappa shape index (κ3) is 7.18. The summed E-state index contributed by atoms with van der Waals surface area (Å²) in [5.41, 5.74) is 5.81. The maximum Gasteiger partial charge on any atom is 0.241 e. The summed E-state index contributed by atoms with van der Waals surface area (Å²) < 4.78 is 19.5. The molecule has 59 heavy (non-hydrogen) atoms. The van der Waals surface area contributed by atoms with Gasteiger partial charge in [0.1, 0.15) is 5.75 Å². The summed E-state index contributed by atoms with van der Waals surface area (Å²) in [6.45, 7) is 12.5. The molecule has 0 saturated carbocycles. The van der Waals surface area contributed by atoms with Crippen LogP contribution < -0.4 is 14.2 Å². The van der Waals surface area contributed by atoms with E-state index in [1.165, 1.54) is 67.1 Å². The van der Waals surface area contributed by atoms with Gasteiger partial charge in [-0.1, -0.05) is 50.5 Å². The maximum absolute atomic E-state index is 6.90. The molecule has 6 saturated heterocycles. The molecule has 0 spiro atoms. The van der Waals surface area contributed by atoms with Gasteiger partial charge in [0, 0.05) is 60.2 Å². The molecule has 6 fully saturated rings. The van der Waals surface area contributed by atoms with E-state index in [1.54, 1.807) is 7.11 Å². The van der Waals surface area contributed by atoms with Crippen molar-refractivity contribution in [2.75, 3.05) is 46.5 Å². The Balaban J connectivity index is 0.965. The molecule has 3 aromatic heterocycles. The van der Waals surface area contributed by atoms with Gasteiger partial charge in [-0.2, -0.15) is 0 Å². The van der Waals surface area contributed by atoms with Gasteiger partial charge in [0.25, 0.3) is 0 Å². The van der Waals surface area contributed by atoms with Gasteiger partial charge in [0.05, 0.1) is 42.1 Å². The number of piperidine rings is 6. The lowest BCUT2D eigenvalue weighted by atomic mass is 9.70. The third-order valence-corrected chi connectivity index (χ3v) is 15.0. The van der Waals surface area contributed by atoms with E-state index >= 15 is 0 Å². The zero-order valence-electron chi connectivity index (χ0n) is 35.1. The normalized spacial score (nSPS) is 27.3. The number of methoxy groups -OCH3 is 1. The molecular weight excluding hydrogens is 733 g/mol. The molecule has 0 N–H and O–H groups in total. The quantitative estimate of drug-likeness (QED) is 0.114. The SMILES string of the molecule is CCC1C[N@@]2CCC1C[C@H]2[C@H](COc1nnc(OC[C@H](c2ccnc3ccc(OC)cc23)[C@@H]2C[C@H]3CCN2C[C@@H]3CC)c2ccccc12)c1ccnc2ccc(C)cc12. The van der Waals surface area contributed by atoms with E-state index in [9.17, 15) is 0 Å². The Morgan fingerprint density at radius 3 is 1.66 bits per heavy atom. The summed E-state index contributed by atoms with van der Waals surface area (Å²) in [4.78, 5) is 15.0. The summed E-state index contributed by atoms with van der Waals surface area (Å²) in [6.07, 6.45) is 11.3. The van der Waals surface area contributed by atoms with Crippen molar-refractivity contribution in [1.29, 1.82) is 0 Å². The molecule has 4 bridgehead atoms. The number of rotatable bonds is 13. The Morgan fingerprint density at radius 2 is 1.17 bits per heavy atom. The molecule has 10 atom stereocenters. The summed E-state index contributed by atoms with van der Waals surface area (Å²) in [7, 11) is 1.73. The summed E-state index contributed by atoms with van der Waals surface area (Å²) in [6, 6.07) is 26.3. The molecule has 9 heterocycles. The molecule has 6 aliphatic rings. The minimum Gasteiger partial charge on any atom is -0.497 e. The van der Waals surface area contributed by atoms with Crippen molar-refractivity contribution in [1.82, 2.24) is 30.0 Å². The third-order valence-electron chi connectivity index (χ3n) is 15.0. The Kier molecular flexibility index (Phi) is 10.6. The van der Waals surface area contributed by atoms with Crippen LogP contribution in [0.25, 0.3) is 32.6 Å². The van der Waals surface area contributed by atoms with Gasteiger partial charge in [-0.3, -0.25) is 19.8 Å². The average molecular weight is 791 g/mol. The molecule has 6 aliphatic heterocycles. The predicted octanol–water partition coefficient (Wildman–Crippen LogP) is 9.61. The molecule has 12 rings (SSSR count). The first kappa shape index (κ1) is 38.3. The van der Waals surface area contributed by atoms with Crippen LogP contribution in [0.1, 0.15) is 80.9 Å². The molecule has 3 aromatic carbocycles. The van der Waals surface area contributed by atoms with Crippen LogP contribution in [0.3, 0.4) is 0 Å². The molecule has 9 nitrogen and oxygen atoms in total. The fourth-order valence-electron chi connectivity index (χ4n) is 11.7. The highest BCUT2D eigenvalue weighted by atomic mass is 16.5. The number of fused-ring (bicyclic) bond motifs is 9. The van der Waals surface area contributed by atoms with E-state index in [0.717, 1.165) is 76.2 Å². The zero-order chi connectivity index (χ0) is 40.0. The van der Waals surface area contributed by atoms with Gasteiger partial charge in [-0.25, -0.2) is 0 Å². The van der Waals surface area contributed by atoms with Gasteiger partial charge < -0.3 is 14.2 Å². The first-order valence-corrected chi connectivity index (χ1v) is 22.3. The Bertz CT molecular complexity index is 2460. The van der Waals surface area contributed by atoms with Crippen LogP contribution in [0.2, 0.25) is 0 Å². The molecule has 306 valence electrons. The van der Waals surface area contributed by atoms with Crippen molar-refractivity contribution in [3.05, 3.63) is 102 Å². The van der Waals surface area contributed by atoms with Gasteiger partial charge in [-0.05, 0) is 135 Å². The van der Waals surface area contributed by atoms with Crippen LogP contribution in [0, 0.1) is 30.6 Å². The van der Waals surface area contributed by atoms with Crippen molar-refractivity contribution >= 4 is 32.6 Å². The number of hydrogen-bond donors (Lipinski definition) is 0. The van der Waals surface area contributed by atoms with Crippen molar-refractivity contribution in [2.45, 2.75) is 83.2 Å². The molecule has 0 amide bonds. The van der Waals surface area contributed by atoms with Gasteiger partial charge in [0.15, 0.2) is 0 Å². The highest BCUT2D eigenvalue weighted by Gasteiger charge is 2.45. The van der Waals surface area contributed by atoms with Crippen LogP contribution in [0.5, 0.6) is 17.5 Å². The predicted molar refractivity (Wildman–Crippen MR) is 235 cm³/mol. The maximum atomic E-state index is 6.90. The molecular formula is C50H58N6O3. The van der Waals surface area contributed by atoms with E-state index in [-0.39, 0.29) is 11.8 Å². The Morgan fingerprint density at radius 1 is 0.644 bits per heavy atom. The highest BCUT2D eigenvalue weighted by Crippen LogP contribution is 2.46. The van der Waals surface area contributed by atoms with Crippen LogP contribution in [0.15, 0.2) is 85.2 Å². The van der Waals surface area contributed by atoms with Gasteiger partial charge >= 0.3 is 0 Å². The largest absolute Gasteiger partial charge is 0.497 e. The zero-order valence-corrected chi connectivity index (χ0v) is 35.1. The molecule has 3 unspecified atom stereocenters. The van der Waals surface area contributed by atoms with E-state index in [2.05, 4.69) is 97.3 Å². The van der Waals surface area contributed by atoms with E-state index in [4.69, 9.17) is 34.4 Å². The molecule has 0 radical (unpaired) electrons. The van der Waals surface area contributed by atoms with Crippen molar-refractivity contribution in [3.8, 4) is 17.5 Å². The lowest BCUT2D eigenvalue weighted by Crippen LogP contribution is -2.55. The van der Waals surface area contributed by atoms with Crippen molar-refractivity contribution in [3.63, 3.8) is 0 Å². The summed E-state index contributed by atoms with van der Waals surface area (Å²) in [5.74, 6) is 5.24. The number of aryl methyl sites for hydroxylation is 1. The van der Waals surface area contributed by atoms with Gasteiger partial charge in [-0.15, -0.1) is 10.2 Å². The second-order valence-electron chi connectivity index (χ2n) is 17.9. The summed E-state index contributed by atoms with van der Waals surface area (Å²) >= 11 is 0. The molecule has 9 heteroatoms. The standard InChI is InChI=1S/C50H58N6O3/c1-5-32-27-55-21-17-34(32)24-47(55)43(37-15-19-51-45-13-11-31(3)23-41(37)45)29-58-49-39-9-7-8-10-40(39)50(54-53-49)59-30-44(48-25-35-18-22-56(48)28-33(35)6-2)38-16-20-52-46-14-12-36(57-4)26-42(38)46/h7-16,19-20,23,26,32-35,43-44,47-48H,5-6,17-18,21-22,24-25,27-30H2,1-4H3/t32?,33-,34?,35+,43+,44+,47-,48-/m0/s1. The number of nitrogens with zero attached hydrogens (tertiary/aromatic N) is 6. The van der Waals surface area contributed by atoms with Crippen molar-refractivity contribution < 1.29 is 14.2 Å². The topological polar surface area (TPSA) is 85.7 Å². The molecule has 0 aliphatic carbocycles. The second kappa shape index (κ2) is 16.3. The number of hydrogen-bond acceptors (Lipinski definition) is 9. The number of pyridine rings is 2. The van der Waals surface area contributed by atoms with Crippen molar-refractivity contribution in [2.24, 2.45) is 23.7 Å². The first-order valence-electron chi connectivity index (χ1n) is 22.3.